The second kappa shape index (κ2) is 8.14. The Hall–Kier alpha value is -2.37. The van der Waals surface area contributed by atoms with Crippen LogP contribution in [0.3, 0.4) is 0 Å². The minimum Gasteiger partial charge on any atom is -0.492 e. The Kier molecular flexibility index (Phi) is 5.68. The van der Waals surface area contributed by atoms with Gasteiger partial charge in [0.2, 0.25) is 5.91 Å². The van der Waals surface area contributed by atoms with Crippen LogP contribution in [0, 0.1) is 0 Å². The highest BCUT2D eigenvalue weighted by Gasteiger charge is 2.33. The molecular formula is C20H24N2O3. The Labute approximate surface area is 148 Å². The van der Waals surface area contributed by atoms with E-state index in [0.717, 1.165) is 5.56 Å². The summed E-state index contributed by atoms with van der Waals surface area (Å²) in [6.07, 6.45) is 0.307. The van der Waals surface area contributed by atoms with Crippen molar-refractivity contribution in [3.63, 3.8) is 0 Å². The van der Waals surface area contributed by atoms with Crippen molar-refractivity contribution in [1.29, 1.82) is 0 Å². The molecule has 5 heteroatoms. The largest absolute Gasteiger partial charge is 0.492 e. The number of aliphatic hydroxyl groups is 1. The first-order valence-corrected chi connectivity index (χ1v) is 8.68. The third-order valence-electron chi connectivity index (χ3n) is 4.37. The predicted octanol–water partition coefficient (Wildman–Crippen LogP) is 2.83. The molecule has 132 valence electrons. The monoisotopic (exact) mass is 340 g/mol. The number of amides is 1. The Morgan fingerprint density at radius 1 is 1.24 bits per heavy atom. The minimum atomic E-state index is -0.437. The first-order chi connectivity index (χ1) is 12.2. The average molecular weight is 340 g/mol. The van der Waals surface area contributed by atoms with Gasteiger partial charge in [0.15, 0.2) is 0 Å². The highest BCUT2D eigenvalue weighted by molar-refractivity contribution is 5.96. The number of aliphatic hydroxyl groups excluding tert-OH is 1. The summed E-state index contributed by atoms with van der Waals surface area (Å²) in [4.78, 5) is 15.1. The lowest BCUT2D eigenvalue weighted by atomic mass is 10.0. The maximum atomic E-state index is 13.1. The predicted molar refractivity (Wildman–Crippen MR) is 97.6 cm³/mol. The van der Waals surface area contributed by atoms with Crippen LogP contribution >= 0.6 is 0 Å². The van der Waals surface area contributed by atoms with Crippen LogP contribution in [0.25, 0.3) is 0 Å². The molecule has 5 nitrogen and oxygen atoms in total. The molecule has 1 heterocycles. The summed E-state index contributed by atoms with van der Waals surface area (Å²) in [5.74, 6) is 0.541. The van der Waals surface area contributed by atoms with Gasteiger partial charge in [-0.3, -0.25) is 9.69 Å². The molecule has 0 bridgehead atoms. The van der Waals surface area contributed by atoms with Crippen molar-refractivity contribution in [2.24, 2.45) is 0 Å². The lowest BCUT2D eigenvalue weighted by Crippen LogP contribution is -2.36. The lowest BCUT2D eigenvalue weighted by Gasteiger charge is -2.27. The molecule has 0 aromatic heterocycles. The van der Waals surface area contributed by atoms with E-state index in [1.54, 1.807) is 0 Å². The number of hydrogen-bond acceptors (Lipinski definition) is 4. The fraction of sp³-hybridized carbons (Fsp3) is 0.350. The molecule has 2 aromatic rings. The van der Waals surface area contributed by atoms with E-state index >= 15 is 0 Å². The van der Waals surface area contributed by atoms with Gasteiger partial charge in [0.25, 0.3) is 0 Å². The van der Waals surface area contributed by atoms with Gasteiger partial charge in [-0.25, -0.2) is 0 Å². The molecule has 0 saturated carbocycles. The van der Waals surface area contributed by atoms with Crippen molar-refractivity contribution in [3.05, 3.63) is 60.2 Å². The van der Waals surface area contributed by atoms with Gasteiger partial charge in [-0.15, -0.1) is 0 Å². The zero-order valence-electron chi connectivity index (χ0n) is 14.4. The van der Waals surface area contributed by atoms with Crippen LogP contribution in [0.5, 0.6) is 5.75 Å². The van der Waals surface area contributed by atoms with Crippen LogP contribution in [0.4, 0.5) is 5.69 Å². The molecule has 1 fully saturated rings. The summed E-state index contributed by atoms with van der Waals surface area (Å²) in [5.41, 5.74) is 1.58. The van der Waals surface area contributed by atoms with E-state index < -0.39 is 6.04 Å². The Morgan fingerprint density at radius 2 is 1.96 bits per heavy atom. The van der Waals surface area contributed by atoms with Crippen LogP contribution in [-0.2, 0) is 4.79 Å². The molecule has 3 rings (SSSR count). The molecule has 2 atom stereocenters. The number of β-amino-alcohol motifs (C(OH)–C–C–N with tert-alkyl or cyclic N) is 1. The first-order valence-electron chi connectivity index (χ1n) is 8.68. The average Bonchev–Trinajstić information content (AvgIpc) is 3.04. The number of rotatable bonds is 6. The summed E-state index contributed by atoms with van der Waals surface area (Å²) in [6, 6.07) is 16.7. The number of nitrogens with zero attached hydrogens (tertiary/aromatic N) is 1. The second-order valence-electron chi connectivity index (χ2n) is 6.17. The number of ether oxygens (including phenoxy) is 1. The van der Waals surface area contributed by atoms with Crippen LogP contribution in [0.1, 0.15) is 24.9 Å². The van der Waals surface area contributed by atoms with E-state index in [1.165, 1.54) is 0 Å². The maximum absolute atomic E-state index is 13.1. The van der Waals surface area contributed by atoms with Crippen molar-refractivity contribution in [2.45, 2.75) is 25.5 Å². The molecule has 2 N–H and O–H groups in total. The molecule has 1 amide bonds. The number of benzene rings is 2. The molecular weight excluding hydrogens is 316 g/mol. The van der Waals surface area contributed by atoms with Gasteiger partial charge in [-0.1, -0.05) is 42.5 Å². The number of anilines is 1. The fourth-order valence-electron chi connectivity index (χ4n) is 3.22. The van der Waals surface area contributed by atoms with Gasteiger partial charge in [-0.2, -0.15) is 0 Å². The van der Waals surface area contributed by atoms with E-state index in [0.29, 0.717) is 37.6 Å². The van der Waals surface area contributed by atoms with Crippen molar-refractivity contribution >= 4 is 11.6 Å². The van der Waals surface area contributed by atoms with Gasteiger partial charge in [-0.05, 0) is 31.0 Å². The van der Waals surface area contributed by atoms with Crippen molar-refractivity contribution in [2.75, 3.05) is 25.0 Å². The molecule has 1 saturated heterocycles. The standard InChI is InChI=1S/C20H24N2O3/c1-2-25-18-11-7-6-10-17(18)21-20(24)19(15-8-4-3-5-9-15)22-13-12-16(23)14-22/h3-11,16,19,23H,2,12-14H2,1H3,(H,21,24)/t16-,19?/m0/s1. The number of carbonyl (C=O) groups is 1. The van der Waals surface area contributed by atoms with Crippen LogP contribution in [-0.4, -0.2) is 41.7 Å². The van der Waals surface area contributed by atoms with E-state index in [4.69, 9.17) is 4.74 Å². The van der Waals surface area contributed by atoms with E-state index in [1.807, 2.05) is 66.4 Å². The topological polar surface area (TPSA) is 61.8 Å². The number of para-hydroxylation sites is 2. The third-order valence-corrected chi connectivity index (χ3v) is 4.37. The zero-order chi connectivity index (χ0) is 17.6. The van der Waals surface area contributed by atoms with Crippen LogP contribution in [0.2, 0.25) is 0 Å². The van der Waals surface area contributed by atoms with Gasteiger partial charge in [0, 0.05) is 13.1 Å². The summed E-state index contributed by atoms with van der Waals surface area (Å²) < 4.78 is 5.60. The second-order valence-corrected chi connectivity index (χ2v) is 6.17. The zero-order valence-corrected chi connectivity index (χ0v) is 14.4. The quantitative estimate of drug-likeness (QED) is 0.849. The maximum Gasteiger partial charge on any atom is 0.246 e. The van der Waals surface area contributed by atoms with Crippen LogP contribution in [0.15, 0.2) is 54.6 Å². The van der Waals surface area contributed by atoms with Crippen molar-refractivity contribution in [1.82, 2.24) is 4.90 Å². The smallest absolute Gasteiger partial charge is 0.246 e. The molecule has 1 unspecified atom stereocenters. The first kappa shape index (κ1) is 17.5. The van der Waals surface area contributed by atoms with Gasteiger partial charge < -0.3 is 15.2 Å². The summed E-state index contributed by atoms with van der Waals surface area (Å²) >= 11 is 0. The number of carbonyl (C=O) groups excluding carboxylic acids is 1. The van der Waals surface area contributed by atoms with Crippen LogP contribution < -0.4 is 10.1 Å². The van der Waals surface area contributed by atoms with Gasteiger partial charge >= 0.3 is 0 Å². The molecule has 1 aliphatic heterocycles. The fourth-order valence-corrected chi connectivity index (χ4v) is 3.22. The third kappa shape index (κ3) is 4.18. The molecule has 0 spiro atoms. The summed E-state index contributed by atoms with van der Waals surface area (Å²) in [5, 5.41) is 12.9. The highest BCUT2D eigenvalue weighted by atomic mass is 16.5. The summed E-state index contributed by atoms with van der Waals surface area (Å²) in [7, 11) is 0. The van der Waals surface area contributed by atoms with E-state index in [-0.39, 0.29) is 12.0 Å². The highest BCUT2D eigenvalue weighted by Crippen LogP contribution is 2.29. The molecule has 2 aromatic carbocycles. The van der Waals surface area contributed by atoms with E-state index in [2.05, 4.69) is 5.32 Å². The lowest BCUT2D eigenvalue weighted by molar-refractivity contribution is -0.121. The number of hydrogen-bond donors (Lipinski definition) is 2. The Balaban J connectivity index is 1.85. The summed E-state index contributed by atoms with van der Waals surface area (Å²) in [6.45, 7) is 3.64. The normalized spacial score (nSPS) is 18.7. The molecule has 1 aliphatic rings. The Morgan fingerprint density at radius 3 is 2.64 bits per heavy atom. The van der Waals surface area contributed by atoms with Gasteiger partial charge in [0.05, 0.1) is 18.4 Å². The molecule has 25 heavy (non-hydrogen) atoms. The van der Waals surface area contributed by atoms with E-state index in [9.17, 15) is 9.90 Å². The van der Waals surface area contributed by atoms with Crippen molar-refractivity contribution in [3.8, 4) is 5.75 Å². The van der Waals surface area contributed by atoms with Crippen molar-refractivity contribution < 1.29 is 14.6 Å². The number of likely N-dealkylation sites (tertiary alicyclic amines) is 1. The SMILES string of the molecule is CCOc1ccccc1NC(=O)C(c1ccccc1)N1CC[C@H](O)C1. The number of nitrogens with one attached hydrogen (secondary N) is 1. The minimum absolute atomic E-state index is 0.118. The van der Waals surface area contributed by atoms with Gasteiger partial charge in [0.1, 0.15) is 11.8 Å². The molecule has 0 radical (unpaired) electrons. The molecule has 0 aliphatic carbocycles. The Bertz CT molecular complexity index is 705.